The number of carbonyl (C=O) groups excluding carboxylic acids is 4. The molecule has 0 spiro atoms. The highest BCUT2D eigenvalue weighted by atomic mass is 19.4. The molecule has 0 radical (unpaired) electrons. The molecule has 46 heavy (non-hydrogen) atoms. The molecule has 2 heterocycles. The van der Waals surface area contributed by atoms with Gasteiger partial charge in [0.05, 0.1) is 11.8 Å². The molecule has 0 aromatic heterocycles. The highest BCUT2D eigenvalue weighted by Crippen LogP contribution is 2.59. The number of amides is 4. The molecule has 2 aliphatic carbocycles. The number of alkyl halides is 6. The lowest BCUT2D eigenvalue weighted by Gasteiger charge is -2.25. The van der Waals surface area contributed by atoms with Crippen molar-refractivity contribution in [1.82, 2.24) is 9.80 Å². The lowest BCUT2D eigenvalue weighted by Crippen LogP contribution is -2.43. The zero-order valence-electron chi connectivity index (χ0n) is 24.6. The third kappa shape index (κ3) is 5.81. The molecule has 4 aliphatic rings. The van der Waals surface area contributed by atoms with E-state index >= 15 is 0 Å². The first-order chi connectivity index (χ1) is 21.6. The van der Waals surface area contributed by atoms with Crippen molar-refractivity contribution in [1.29, 1.82) is 0 Å². The van der Waals surface area contributed by atoms with Crippen LogP contribution in [0.5, 0.6) is 0 Å². The first kappa shape index (κ1) is 31.9. The van der Waals surface area contributed by atoms with Crippen LogP contribution in [0.2, 0.25) is 0 Å². The maximum Gasteiger partial charge on any atom is 0.403 e. The molecule has 4 amide bonds. The minimum Gasteiger partial charge on any atom is -0.341 e. The van der Waals surface area contributed by atoms with Gasteiger partial charge in [-0.05, 0) is 73.9 Å². The SMILES string of the molecule is O=C(Nc1ccc(-c2ccc(NC(=O)[C@H]3CCN(C(=O)C4(C(F)(F)F)CC4)C3)cc2)cc1)[C@H]1CCN(C(=O)C2(C(F)(F)F)CC2)C1. The van der Waals surface area contributed by atoms with Gasteiger partial charge >= 0.3 is 12.4 Å². The molecule has 2 saturated heterocycles. The summed E-state index contributed by atoms with van der Waals surface area (Å²) in [5.74, 6) is -3.86. The molecule has 246 valence electrons. The molecule has 8 nitrogen and oxygen atoms in total. The molecule has 0 bridgehead atoms. The summed E-state index contributed by atoms with van der Waals surface area (Å²) in [5, 5.41) is 5.53. The number of benzene rings is 2. The first-order valence-electron chi connectivity index (χ1n) is 15.2. The van der Waals surface area contributed by atoms with Crippen LogP contribution in [0.4, 0.5) is 37.7 Å². The third-order valence-electron chi connectivity index (χ3n) is 9.73. The number of hydrogen-bond donors (Lipinski definition) is 2. The van der Waals surface area contributed by atoms with E-state index in [1.807, 2.05) is 0 Å². The minimum atomic E-state index is -4.59. The number of carbonyl (C=O) groups is 4. The van der Waals surface area contributed by atoms with Gasteiger partial charge in [0.1, 0.15) is 10.8 Å². The summed E-state index contributed by atoms with van der Waals surface area (Å²) in [6, 6.07) is 13.8. The van der Waals surface area contributed by atoms with Crippen molar-refractivity contribution in [2.45, 2.75) is 50.9 Å². The van der Waals surface area contributed by atoms with E-state index in [0.29, 0.717) is 11.4 Å². The van der Waals surface area contributed by atoms with Gasteiger partial charge in [-0.2, -0.15) is 26.3 Å². The molecular formula is C32H32F6N4O4. The van der Waals surface area contributed by atoms with Crippen LogP contribution in [0.3, 0.4) is 0 Å². The van der Waals surface area contributed by atoms with Gasteiger partial charge in [-0.15, -0.1) is 0 Å². The van der Waals surface area contributed by atoms with Crippen LogP contribution < -0.4 is 10.6 Å². The van der Waals surface area contributed by atoms with Crippen molar-refractivity contribution >= 4 is 35.0 Å². The van der Waals surface area contributed by atoms with E-state index in [2.05, 4.69) is 10.6 Å². The minimum absolute atomic E-state index is 0.0562. The van der Waals surface area contributed by atoms with Crippen molar-refractivity contribution in [3.05, 3.63) is 48.5 Å². The normalized spacial score (nSPS) is 23.2. The highest BCUT2D eigenvalue weighted by molar-refractivity contribution is 5.95. The average Bonchev–Trinajstić information content (AvgIpc) is 3.90. The Hall–Kier alpha value is -4.10. The summed E-state index contributed by atoms with van der Waals surface area (Å²) in [7, 11) is 0. The van der Waals surface area contributed by atoms with E-state index < -0.39 is 46.8 Å². The molecule has 2 saturated carbocycles. The van der Waals surface area contributed by atoms with Crippen LogP contribution >= 0.6 is 0 Å². The number of hydrogen-bond acceptors (Lipinski definition) is 4. The van der Waals surface area contributed by atoms with Gasteiger partial charge in [0.2, 0.25) is 23.6 Å². The lowest BCUT2D eigenvalue weighted by atomic mass is 10.0. The molecule has 2 aromatic carbocycles. The first-order valence-corrected chi connectivity index (χ1v) is 15.2. The van der Waals surface area contributed by atoms with E-state index in [0.717, 1.165) is 20.9 Å². The number of halogens is 6. The summed E-state index contributed by atoms with van der Waals surface area (Å²) in [6.07, 6.45) is -9.49. The Morgan fingerprint density at radius 3 is 1.20 bits per heavy atom. The van der Waals surface area contributed by atoms with Gasteiger partial charge in [-0.3, -0.25) is 19.2 Å². The largest absolute Gasteiger partial charge is 0.403 e. The molecule has 2 aliphatic heterocycles. The summed E-state index contributed by atoms with van der Waals surface area (Å²) in [6.45, 7) is 0.0930. The van der Waals surface area contributed by atoms with Crippen LogP contribution in [0.25, 0.3) is 11.1 Å². The third-order valence-corrected chi connectivity index (χ3v) is 9.73. The Kier molecular flexibility index (Phi) is 7.83. The number of nitrogens with zero attached hydrogens (tertiary/aromatic N) is 2. The Morgan fingerprint density at radius 2 is 0.913 bits per heavy atom. The van der Waals surface area contributed by atoms with Crippen LogP contribution in [0, 0.1) is 22.7 Å². The number of rotatable bonds is 7. The summed E-state index contributed by atoms with van der Waals surface area (Å²) >= 11 is 0. The topological polar surface area (TPSA) is 98.8 Å². The second-order valence-corrected chi connectivity index (χ2v) is 12.8. The van der Waals surface area contributed by atoms with E-state index in [4.69, 9.17) is 0 Å². The van der Waals surface area contributed by atoms with Gasteiger partial charge < -0.3 is 20.4 Å². The lowest BCUT2D eigenvalue weighted by molar-refractivity contribution is -0.199. The predicted molar refractivity (Wildman–Crippen MR) is 154 cm³/mol. The zero-order valence-corrected chi connectivity index (χ0v) is 24.6. The van der Waals surface area contributed by atoms with Crippen LogP contribution in [-0.4, -0.2) is 72.0 Å². The molecule has 2 atom stereocenters. The van der Waals surface area contributed by atoms with Crippen molar-refractivity contribution in [2.24, 2.45) is 22.7 Å². The fourth-order valence-electron chi connectivity index (χ4n) is 6.39. The summed E-state index contributed by atoms with van der Waals surface area (Å²) in [4.78, 5) is 52.9. The Balaban J connectivity index is 0.984. The second kappa shape index (κ2) is 11.3. The van der Waals surface area contributed by atoms with E-state index in [9.17, 15) is 45.5 Å². The summed E-state index contributed by atoms with van der Waals surface area (Å²) < 4.78 is 80.0. The second-order valence-electron chi connectivity index (χ2n) is 12.8. The van der Waals surface area contributed by atoms with Crippen LogP contribution in [-0.2, 0) is 19.2 Å². The van der Waals surface area contributed by atoms with Crippen LogP contribution in [0.15, 0.2) is 48.5 Å². The van der Waals surface area contributed by atoms with Gasteiger partial charge in [0.25, 0.3) is 0 Å². The molecule has 2 aromatic rings. The molecule has 4 fully saturated rings. The van der Waals surface area contributed by atoms with E-state index in [1.165, 1.54) is 0 Å². The molecule has 6 rings (SSSR count). The highest BCUT2D eigenvalue weighted by Gasteiger charge is 2.70. The Morgan fingerprint density at radius 1 is 0.587 bits per heavy atom. The maximum absolute atomic E-state index is 13.3. The predicted octanol–water partition coefficient (Wildman–Crippen LogP) is 5.61. The average molecular weight is 651 g/mol. The summed E-state index contributed by atoms with van der Waals surface area (Å²) in [5.41, 5.74) is -2.00. The van der Waals surface area contributed by atoms with Crippen molar-refractivity contribution < 1.29 is 45.5 Å². The zero-order chi connectivity index (χ0) is 33.1. The van der Waals surface area contributed by atoms with Crippen molar-refractivity contribution in [3.8, 4) is 11.1 Å². The molecule has 2 N–H and O–H groups in total. The molecule has 14 heteroatoms. The Labute approximate surface area is 260 Å². The Bertz CT molecular complexity index is 1420. The van der Waals surface area contributed by atoms with Gasteiger partial charge in [-0.25, -0.2) is 0 Å². The van der Waals surface area contributed by atoms with Crippen molar-refractivity contribution in [3.63, 3.8) is 0 Å². The number of anilines is 2. The smallest absolute Gasteiger partial charge is 0.341 e. The van der Waals surface area contributed by atoms with Gasteiger partial charge in [0, 0.05) is 37.6 Å². The fraction of sp³-hybridized carbons (Fsp3) is 0.500. The van der Waals surface area contributed by atoms with Crippen LogP contribution in [0.1, 0.15) is 38.5 Å². The van der Waals surface area contributed by atoms with E-state index in [1.54, 1.807) is 48.5 Å². The molecular weight excluding hydrogens is 618 g/mol. The standard InChI is InChI=1S/C32H32F6N4O4/c33-31(34,35)29(11-12-29)27(45)41-15-9-21(17-41)25(43)39-23-5-1-19(2-6-23)20-3-7-24(8-4-20)40-26(44)22-10-16-42(18-22)28(46)30(13-14-30)32(36,37)38/h1-8,21-22H,9-18H2,(H,39,43)(H,40,44)/t21-,22-/m0/s1. The van der Waals surface area contributed by atoms with Crippen molar-refractivity contribution in [2.75, 3.05) is 36.8 Å². The van der Waals surface area contributed by atoms with Gasteiger partial charge in [0.15, 0.2) is 0 Å². The number of nitrogens with one attached hydrogen (secondary N) is 2. The quantitative estimate of drug-likeness (QED) is 0.381. The van der Waals surface area contributed by atoms with E-state index in [-0.39, 0.29) is 76.5 Å². The maximum atomic E-state index is 13.3. The fourth-order valence-corrected chi connectivity index (χ4v) is 6.39. The molecule has 0 unspecified atom stereocenters. The van der Waals surface area contributed by atoms with Gasteiger partial charge in [-0.1, -0.05) is 24.3 Å². The number of likely N-dealkylation sites (tertiary alicyclic amines) is 2. The monoisotopic (exact) mass is 650 g/mol.